The number of hydrogen-bond donors (Lipinski definition) is 3. The summed E-state index contributed by atoms with van der Waals surface area (Å²) in [4.78, 5) is 10.4. The van der Waals surface area contributed by atoms with Crippen molar-refractivity contribution < 1.29 is 14.2 Å². The van der Waals surface area contributed by atoms with Gasteiger partial charge in [0.05, 0.1) is 31.1 Å². The summed E-state index contributed by atoms with van der Waals surface area (Å²) in [5, 5.41) is 17.7. The molecule has 0 unspecified atom stereocenters. The molecule has 4 aromatic rings. The summed E-state index contributed by atoms with van der Waals surface area (Å²) in [6.07, 6.45) is 5.78. The number of aromatic nitrogens is 4. The molecule has 2 aliphatic heterocycles. The van der Waals surface area contributed by atoms with Crippen LogP contribution in [0.4, 0.5) is 4.39 Å². The van der Waals surface area contributed by atoms with E-state index in [1.54, 1.807) is 24.3 Å². The van der Waals surface area contributed by atoms with Gasteiger partial charge in [-0.3, -0.25) is 10.00 Å². The number of halogens is 1. The molecule has 8 heteroatoms. The Balaban J connectivity index is 1.32. The van der Waals surface area contributed by atoms with Crippen molar-refractivity contribution in [3.63, 3.8) is 0 Å². The zero-order chi connectivity index (χ0) is 23.2. The molecule has 0 spiro atoms. The van der Waals surface area contributed by atoms with Crippen LogP contribution in [-0.4, -0.2) is 62.5 Å². The van der Waals surface area contributed by atoms with Crippen LogP contribution in [-0.2, 0) is 11.2 Å². The van der Waals surface area contributed by atoms with E-state index in [1.165, 1.54) is 5.57 Å². The summed E-state index contributed by atoms with van der Waals surface area (Å²) >= 11 is 0. The van der Waals surface area contributed by atoms with E-state index in [-0.39, 0.29) is 17.1 Å². The first-order chi connectivity index (χ1) is 16.6. The Bertz CT molecular complexity index is 1400. The molecular weight excluding hydrogens is 433 g/mol. The van der Waals surface area contributed by atoms with Crippen LogP contribution < -0.4 is 0 Å². The van der Waals surface area contributed by atoms with Gasteiger partial charge in [0.15, 0.2) is 11.6 Å². The zero-order valence-corrected chi connectivity index (χ0v) is 18.9. The van der Waals surface area contributed by atoms with Gasteiger partial charge in [-0.15, -0.1) is 0 Å². The second-order valence-electron chi connectivity index (χ2n) is 8.94. The molecule has 0 radical (unpaired) electrons. The fourth-order valence-corrected chi connectivity index (χ4v) is 4.89. The normalized spacial score (nSPS) is 17.2. The van der Waals surface area contributed by atoms with E-state index in [0.717, 1.165) is 49.5 Å². The first-order valence-electron chi connectivity index (χ1n) is 11.7. The highest BCUT2D eigenvalue weighted by Crippen LogP contribution is 2.35. The zero-order valence-electron chi connectivity index (χ0n) is 18.9. The van der Waals surface area contributed by atoms with Gasteiger partial charge in [0.1, 0.15) is 17.0 Å². The smallest absolute Gasteiger partial charge is 0.159 e. The number of aromatic hydroxyl groups is 1. The molecular formula is C26H26FN5O2. The fourth-order valence-electron chi connectivity index (χ4n) is 4.89. The lowest BCUT2D eigenvalue weighted by atomic mass is 9.96. The Morgan fingerprint density at radius 1 is 1.21 bits per heavy atom. The number of H-pyrrole nitrogens is 2. The van der Waals surface area contributed by atoms with Gasteiger partial charge < -0.3 is 14.8 Å². The van der Waals surface area contributed by atoms with E-state index in [2.05, 4.69) is 31.1 Å². The number of phenolic OH excluding ortho intramolecular Hbond substituents is 1. The molecule has 3 N–H and O–H groups in total. The number of hydrogen-bond acceptors (Lipinski definition) is 5. The van der Waals surface area contributed by atoms with E-state index in [9.17, 15) is 5.11 Å². The van der Waals surface area contributed by atoms with Gasteiger partial charge in [0.2, 0.25) is 0 Å². The summed E-state index contributed by atoms with van der Waals surface area (Å²) < 4.78 is 20.9. The highest BCUT2D eigenvalue weighted by Gasteiger charge is 2.28. The van der Waals surface area contributed by atoms with E-state index >= 15 is 4.39 Å². The molecule has 34 heavy (non-hydrogen) atoms. The number of aromatic amines is 2. The molecule has 0 amide bonds. The number of nitrogens with one attached hydrogen (secondary N) is 2. The van der Waals surface area contributed by atoms with Crippen molar-refractivity contribution in [2.24, 2.45) is 0 Å². The lowest BCUT2D eigenvalue weighted by molar-refractivity contribution is -0.0607. The first-order valence-corrected chi connectivity index (χ1v) is 11.7. The first kappa shape index (κ1) is 21.1. The quantitative estimate of drug-likeness (QED) is 0.408. The Hall–Kier alpha value is -3.49. The molecule has 6 rings (SSSR count). The molecule has 4 heterocycles. The molecule has 1 saturated heterocycles. The molecule has 2 aliphatic rings. The lowest BCUT2D eigenvalue weighted by Crippen LogP contribution is -2.50. The summed E-state index contributed by atoms with van der Waals surface area (Å²) in [6, 6.07) is 9.16. The third-order valence-electron chi connectivity index (χ3n) is 6.90. The van der Waals surface area contributed by atoms with Gasteiger partial charge >= 0.3 is 0 Å². The summed E-state index contributed by atoms with van der Waals surface area (Å²) in [6.45, 7) is 5.50. The van der Waals surface area contributed by atoms with Crippen LogP contribution in [0.5, 0.6) is 5.75 Å². The van der Waals surface area contributed by atoms with Crippen molar-refractivity contribution >= 4 is 16.5 Å². The number of phenols is 1. The Morgan fingerprint density at radius 2 is 2.06 bits per heavy atom. The molecule has 7 nitrogen and oxygen atoms in total. The lowest BCUT2D eigenvalue weighted by Gasteiger charge is -2.39. The van der Waals surface area contributed by atoms with Crippen molar-refractivity contribution in [1.82, 2.24) is 25.1 Å². The third-order valence-corrected chi connectivity index (χ3v) is 6.90. The largest absolute Gasteiger partial charge is 0.508 e. The maximum atomic E-state index is 15.6. The molecule has 1 fully saturated rings. The van der Waals surface area contributed by atoms with Gasteiger partial charge in [-0.1, -0.05) is 25.1 Å². The third kappa shape index (κ3) is 3.50. The van der Waals surface area contributed by atoms with Crippen LogP contribution in [0.1, 0.15) is 24.6 Å². The van der Waals surface area contributed by atoms with Crippen molar-refractivity contribution in [3.05, 3.63) is 59.7 Å². The molecule has 0 atom stereocenters. The monoisotopic (exact) mass is 459 g/mol. The summed E-state index contributed by atoms with van der Waals surface area (Å²) in [5.41, 5.74) is 5.23. The van der Waals surface area contributed by atoms with Crippen LogP contribution in [0.3, 0.4) is 0 Å². The SMILES string of the molecule is CCc1cc(O)ccc1-c1ccc2c(-c3ncc(C4=CCCN(C5COC5)C4)[nH]3)[nH]nc2c1F. The molecule has 0 bridgehead atoms. The number of aryl methyl sites for hydroxylation is 1. The number of ether oxygens (including phenoxy) is 1. The van der Waals surface area contributed by atoms with Crippen LogP contribution in [0, 0.1) is 5.82 Å². The van der Waals surface area contributed by atoms with Crippen molar-refractivity contribution in [2.45, 2.75) is 25.8 Å². The summed E-state index contributed by atoms with van der Waals surface area (Å²) in [7, 11) is 0. The Morgan fingerprint density at radius 3 is 2.85 bits per heavy atom. The van der Waals surface area contributed by atoms with Crippen molar-refractivity contribution in [2.75, 3.05) is 26.3 Å². The topological polar surface area (TPSA) is 90.1 Å². The molecule has 0 aliphatic carbocycles. The minimum Gasteiger partial charge on any atom is -0.508 e. The van der Waals surface area contributed by atoms with Gasteiger partial charge in [0.25, 0.3) is 0 Å². The average molecular weight is 460 g/mol. The van der Waals surface area contributed by atoms with Crippen LogP contribution in [0.15, 0.2) is 42.6 Å². The van der Waals surface area contributed by atoms with E-state index in [4.69, 9.17) is 4.74 Å². The Labute approximate surface area is 196 Å². The Kier molecular flexibility index (Phi) is 5.19. The van der Waals surface area contributed by atoms with Gasteiger partial charge in [-0.25, -0.2) is 9.37 Å². The van der Waals surface area contributed by atoms with E-state index in [0.29, 0.717) is 34.9 Å². The minimum atomic E-state index is -0.388. The number of benzene rings is 2. The van der Waals surface area contributed by atoms with Crippen LogP contribution in [0.2, 0.25) is 0 Å². The van der Waals surface area contributed by atoms with E-state index < -0.39 is 0 Å². The maximum absolute atomic E-state index is 15.6. The number of nitrogens with zero attached hydrogens (tertiary/aromatic N) is 3. The minimum absolute atomic E-state index is 0.176. The van der Waals surface area contributed by atoms with Crippen LogP contribution in [0.25, 0.3) is 39.1 Å². The molecule has 2 aromatic carbocycles. The summed E-state index contributed by atoms with van der Waals surface area (Å²) in [5.74, 6) is 0.420. The molecule has 2 aromatic heterocycles. The van der Waals surface area contributed by atoms with Crippen LogP contribution >= 0.6 is 0 Å². The number of imidazole rings is 1. The predicted molar refractivity (Wildman–Crippen MR) is 129 cm³/mol. The number of rotatable bonds is 5. The highest BCUT2D eigenvalue weighted by molar-refractivity contribution is 5.95. The second-order valence-corrected chi connectivity index (χ2v) is 8.94. The van der Waals surface area contributed by atoms with Gasteiger partial charge in [-0.05, 0) is 47.7 Å². The number of fused-ring (bicyclic) bond motifs is 1. The highest BCUT2D eigenvalue weighted by atomic mass is 19.1. The average Bonchev–Trinajstić information content (AvgIpc) is 3.46. The van der Waals surface area contributed by atoms with Gasteiger partial charge in [0, 0.05) is 24.0 Å². The van der Waals surface area contributed by atoms with Crippen molar-refractivity contribution in [1.29, 1.82) is 0 Å². The van der Waals surface area contributed by atoms with E-state index in [1.807, 2.05) is 19.2 Å². The molecule has 174 valence electrons. The molecule has 0 saturated carbocycles. The van der Waals surface area contributed by atoms with Crippen molar-refractivity contribution in [3.8, 4) is 28.4 Å². The standard InChI is InChI=1S/C26H26FN5O2/c1-2-15-10-18(33)5-6-19(15)20-7-8-21-24(23(20)27)30-31-25(21)26-28-11-22(29-26)16-4-3-9-32(12-16)17-13-34-14-17/h4-8,10-11,17,33H,2-3,9,12-14H2,1H3,(H,28,29)(H,30,31). The fraction of sp³-hybridized carbons (Fsp3) is 0.308. The maximum Gasteiger partial charge on any atom is 0.159 e. The predicted octanol–water partition coefficient (Wildman–Crippen LogP) is 4.52. The second kappa shape index (κ2) is 8.38. The van der Waals surface area contributed by atoms with Gasteiger partial charge in [-0.2, -0.15) is 5.10 Å².